The molecule has 0 radical (unpaired) electrons. The SMILES string of the molecule is CC(C)N(Cc1cccc(Cl)c1)S(=O)(=O)CC(=O)O. The quantitative estimate of drug-likeness (QED) is 0.872. The number of sulfonamides is 1. The molecule has 0 aliphatic carbocycles. The fraction of sp³-hybridized carbons (Fsp3) is 0.417. The van der Waals surface area contributed by atoms with E-state index in [9.17, 15) is 13.2 Å². The van der Waals surface area contributed by atoms with Gasteiger partial charge in [0.15, 0.2) is 5.75 Å². The highest BCUT2D eigenvalue weighted by Crippen LogP contribution is 2.17. The van der Waals surface area contributed by atoms with Gasteiger partial charge >= 0.3 is 5.97 Å². The number of benzene rings is 1. The Bertz CT molecular complexity index is 557. The van der Waals surface area contributed by atoms with Crippen LogP contribution in [0.25, 0.3) is 0 Å². The highest BCUT2D eigenvalue weighted by Gasteiger charge is 2.27. The molecule has 0 amide bonds. The Balaban J connectivity index is 2.99. The van der Waals surface area contributed by atoms with Gasteiger partial charge in [-0.1, -0.05) is 23.7 Å². The highest BCUT2D eigenvalue weighted by atomic mass is 35.5. The van der Waals surface area contributed by atoms with E-state index >= 15 is 0 Å². The summed E-state index contributed by atoms with van der Waals surface area (Å²) in [6.45, 7) is 3.50. The summed E-state index contributed by atoms with van der Waals surface area (Å²) >= 11 is 5.84. The van der Waals surface area contributed by atoms with Crippen molar-refractivity contribution in [2.75, 3.05) is 5.75 Å². The maximum Gasteiger partial charge on any atom is 0.320 e. The topological polar surface area (TPSA) is 74.7 Å². The zero-order chi connectivity index (χ0) is 14.6. The van der Waals surface area contributed by atoms with Crippen LogP contribution in [0.3, 0.4) is 0 Å². The maximum atomic E-state index is 12.0. The number of carboxylic acid groups (broad SMARTS) is 1. The van der Waals surface area contributed by atoms with Crippen LogP contribution in [-0.2, 0) is 21.4 Å². The molecule has 0 aliphatic heterocycles. The zero-order valence-corrected chi connectivity index (χ0v) is 12.3. The molecular formula is C12H16ClNO4S. The van der Waals surface area contributed by atoms with Crippen LogP contribution in [0.2, 0.25) is 5.02 Å². The van der Waals surface area contributed by atoms with Gasteiger partial charge in [-0.15, -0.1) is 0 Å². The lowest BCUT2D eigenvalue weighted by Crippen LogP contribution is -2.39. The summed E-state index contributed by atoms with van der Waals surface area (Å²) in [4.78, 5) is 10.6. The highest BCUT2D eigenvalue weighted by molar-refractivity contribution is 7.89. The average molecular weight is 306 g/mol. The lowest BCUT2D eigenvalue weighted by Gasteiger charge is -2.25. The normalized spacial score (nSPS) is 12.1. The number of carboxylic acids is 1. The molecule has 1 rings (SSSR count). The monoisotopic (exact) mass is 305 g/mol. The molecule has 1 aromatic rings. The first-order valence-corrected chi connectivity index (χ1v) is 7.67. The number of hydrogen-bond donors (Lipinski definition) is 1. The van der Waals surface area contributed by atoms with E-state index in [-0.39, 0.29) is 12.6 Å². The minimum atomic E-state index is -3.84. The van der Waals surface area contributed by atoms with Gasteiger partial charge in [-0.3, -0.25) is 4.79 Å². The zero-order valence-electron chi connectivity index (χ0n) is 10.7. The molecule has 0 spiro atoms. The fourth-order valence-electron chi connectivity index (χ4n) is 1.66. The molecule has 0 unspecified atom stereocenters. The Morgan fingerprint density at radius 2 is 2.05 bits per heavy atom. The van der Waals surface area contributed by atoms with Gasteiger partial charge in [0.05, 0.1) is 0 Å². The van der Waals surface area contributed by atoms with E-state index in [1.54, 1.807) is 38.1 Å². The predicted octanol–water partition coefficient (Wildman–Crippen LogP) is 1.96. The van der Waals surface area contributed by atoms with E-state index in [4.69, 9.17) is 16.7 Å². The number of aliphatic carboxylic acids is 1. The third-order valence-corrected chi connectivity index (χ3v) is 4.58. The summed E-state index contributed by atoms with van der Waals surface area (Å²) in [5, 5.41) is 9.17. The van der Waals surface area contributed by atoms with Crippen molar-refractivity contribution in [3.8, 4) is 0 Å². The number of carbonyl (C=O) groups is 1. The van der Waals surface area contributed by atoms with Gasteiger partial charge in [0, 0.05) is 17.6 Å². The summed E-state index contributed by atoms with van der Waals surface area (Å²) in [5.74, 6) is -2.28. The summed E-state index contributed by atoms with van der Waals surface area (Å²) in [5.41, 5.74) is 0.718. The maximum absolute atomic E-state index is 12.0. The molecule has 0 atom stereocenters. The lowest BCUT2D eigenvalue weighted by molar-refractivity contribution is -0.134. The Morgan fingerprint density at radius 3 is 2.53 bits per heavy atom. The number of nitrogens with zero attached hydrogens (tertiary/aromatic N) is 1. The third kappa shape index (κ3) is 4.81. The Labute approximate surface area is 117 Å². The summed E-state index contributed by atoms with van der Waals surface area (Å²) in [7, 11) is -3.84. The van der Waals surface area contributed by atoms with Gasteiger partial charge in [-0.25, -0.2) is 8.42 Å². The Morgan fingerprint density at radius 1 is 1.42 bits per heavy atom. The minimum absolute atomic E-state index is 0.105. The molecule has 106 valence electrons. The average Bonchev–Trinajstić information content (AvgIpc) is 2.23. The molecule has 0 saturated carbocycles. The van der Waals surface area contributed by atoms with Crippen molar-refractivity contribution in [3.05, 3.63) is 34.9 Å². The van der Waals surface area contributed by atoms with Gasteiger partial charge in [-0.2, -0.15) is 4.31 Å². The number of halogens is 1. The predicted molar refractivity (Wildman–Crippen MR) is 73.6 cm³/mol. The van der Waals surface area contributed by atoms with Gasteiger partial charge < -0.3 is 5.11 Å². The molecule has 19 heavy (non-hydrogen) atoms. The molecule has 0 saturated heterocycles. The molecular weight excluding hydrogens is 290 g/mol. The molecule has 0 fully saturated rings. The van der Waals surface area contributed by atoms with Crippen LogP contribution >= 0.6 is 11.6 Å². The second-order valence-electron chi connectivity index (χ2n) is 4.42. The number of hydrogen-bond acceptors (Lipinski definition) is 3. The van der Waals surface area contributed by atoms with E-state index in [1.165, 1.54) is 0 Å². The molecule has 0 aromatic heterocycles. The van der Waals surface area contributed by atoms with Gasteiger partial charge in [-0.05, 0) is 31.5 Å². The lowest BCUT2D eigenvalue weighted by atomic mass is 10.2. The van der Waals surface area contributed by atoms with Crippen molar-refractivity contribution in [2.45, 2.75) is 26.4 Å². The Kier molecular flexibility index (Phi) is 5.34. The Hall–Kier alpha value is -1.11. The van der Waals surface area contributed by atoms with Gasteiger partial charge in [0.2, 0.25) is 10.0 Å². The van der Waals surface area contributed by atoms with Crippen molar-refractivity contribution in [1.29, 1.82) is 0 Å². The summed E-state index contributed by atoms with van der Waals surface area (Å²) in [6, 6.07) is 6.49. The molecule has 5 nitrogen and oxygen atoms in total. The second kappa shape index (κ2) is 6.36. The molecule has 0 aliphatic rings. The van der Waals surface area contributed by atoms with Crippen molar-refractivity contribution in [2.24, 2.45) is 0 Å². The van der Waals surface area contributed by atoms with Gasteiger partial charge in [0.1, 0.15) is 0 Å². The van der Waals surface area contributed by atoms with Crippen LogP contribution in [0.5, 0.6) is 0 Å². The first-order chi connectivity index (χ1) is 8.72. The van der Waals surface area contributed by atoms with Crippen LogP contribution < -0.4 is 0 Å². The van der Waals surface area contributed by atoms with Crippen molar-refractivity contribution in [1.82, 2.24) is 4.31 Å². The molecule has 7 heteroatoms. The summed E-state index contributed by atoms with van der Waals surface area (Å²) in [6.07, 6.45) is 0. The second-order valence-corrected chi connectivity index (χ2v) is 6.78. The summed E-state index contributed by atoms with van der Waals surface area (Å²) < 4.78 is 25.1. The van der Waals surface area contributed by atoms with Crippen molar-refractivity contribution >= 4 is 27.6 Å². The first kappa shape index (κ1) is 15.9. The van der Waals surface area contributed by atoms with Crippen LogP contribution in [0.15, 0.2) is 24.3 Å². The minimum Gasteiger partial charge on any atom is -0.480 e. The molecule has 1 N–H and O–H groups in total. The van der Waals surface area contributed by atoms with Crippen LogP contribution in [0.1, 0.15) is 19.4 Å². The van der Waals surface area contributed by atoms with Crippen LogP contribution in [0, 0.1) is 0 Å². The fourth-order valence-corrected chi connectivity index (χ4v) is 3.34. The largest absolute Gasteiger partial charge is 0.480 e. The standard InChI is InChI=1S/C12H16ClNO4S/c1-9(2)14(19(17,18)8-12(15)16)7-10-4-3-5-11(13)6-10/h3-6,9H,7-8H2,1-2H3,(H,15,16). The smallest absolute Gasteiger partial charge is 0.320 e. The van der Waals surface area contributed by atoms with Crippen molar-refractivity contribution in [3.63, 3.8) is 0 Å². The van der Waals surface area contributed by atoms with Gasteiger partial charge in [0.25, 0.3) is 0 Å². The third-order valence-electron chi connectivity index (χ3n) is 2.47. The van der Waals surface area contributed by atoms with E-state index in [2.05, 4.69) is 0 Å². The van der Waals surface area contributed by atoms with E-state index in [1.807, 2.05) is 0 Å². The van der Waals surface area contributed by atoms with E-state index < -0.39 is 21.7 Å². The number of rotatable bonds is 6. The van der Waals surface area contributed by atoms with Crippen molar-refractivity contribution < 1.29 is 18.3 Å². The van der Waals surface area contributed by atoms with E-state index in [0.717, 1.165) is 9.87 Å². The van der Waals surface area contributed by atoms with Crippen LogP contribution in [0.4, 0.5) is 0 Å². The molecule has 0 bridgehead atoms. The van der Waals surface area contributed by atoms with E-state index in [0.29, 0.717) is 5.02 Å². The first-order valence-electron chi connectivity index (χ1n) is 5.68. The molecule has 0 heterocycles. The molecule has 1 aromatic carbocycles. The van der Waals surface area contributed by atoms with Crippen LogP contribution in [-0.4, -0.2) is 35.6 Å².